The number of aromatic nitrogens is 2. The van der Waals surface area contributed by atoms with E-state index in [9.17, 15) is 9.59 Å². The Kier molecular flexibility index (Phi) is 5.86. The van der Waals surface area contributed by atoms with Crippen LogP contribution in [-0.2, 0) is 16.0 Å². The molecule has 0 unspecified atom stereocenters. The SMILES string of the molecule is O=C(CCCc1nc2ccccc2c(=O)[nH]1)Nc1ccccc1N1CCOCC1. The first kappa shape index (κ1) is 19.1. The quantitative estimate of drug-likeness (QED) is 0.674. The minimum atomic E-state index is -0.144. The van der Waals surface area contributed by atoms with Crippen LogP contribution in [0.5, 0.6) is 0 Å². The smallest absolute Gasteiger partial charge is 0.258 e. The lowest BCUT2D eigenvalue weighted by molar-refractivity contribution is -0.116. The lowest BCUT2D eigenvalue weighted by Gasteiger charge is -2.30. The first-order valence-electron chi connectivity index (χ1n) is 9.90. The van der Waals surface area contributed by atoms with Gasteiger partial charge in [-0.15, -0.1) is 0 Å². The first-order chi connectivity index (χ1) is 14.2. The second-order valence-corrected chi connectivity index (χ2v) is 7.05. The zero-order chi connectivity index (χ0) is 20.1. The summed E-state index contributed by atoms with van der Waals surface area (Å²) < 4.78 is 5.41. The van der Waals surface area contributed by atoms with Gasteiger partial charge in [-0.1, -0.05) is 24.3 Å². The molecule has 1 amide bonds. The fourth-order valence-corrected chi connectivity index (χ4v) is 3.54. The van der Waals surface area contributed by atoms with Gasteiger partial charge in [-0.3, -0.25) is 9.59 Å². The third-order valence-corrected chi connectivity index (χ3v) is 5.01. The molecule has 1 saturated heterocycles. The number of nitrogens with one attached hydrogen (secondary N) is 2. The lowest BCUT2D eigenvalue weighted by Crippen LogP contribution is -2.36. The van der Waals surface area contributed by atoms with E-state index in [2.05, 4.69) is 20.2 Å². The van der Waals surface area contributed by atoms with Gasteiger partial charge in [-0.05, 0) is 30.7 Å². The number of carbonyl (C=O) groups is 1. The molecule has 7 heteroatoms. The van der Waals surface area contributed by atoms with E-state index in [1.54, 1.807) is 6.07 Å². The van der Waals surface area contributed by atoms with Crippen LogP contribution in [0.4, 0.5) is 11.4 Å². The number of morpholine rings is 1. The molecule has 1 aliphatic heterocycles. The third-order valence-electron chi connectivity index (χ3n) is 5.01. The minimum Gasteiger partial charge on any atom is -0.378 e. The molecule has 0 spiro atoms. The van der Waals surface area contributed by atoms with E-state index in [4.69, 9.17) is 4.74 Å². The van der Waals surface area contributed by atoms with Gasteiger partial charge in [0.1, 0.15) is 5.82 Å². The molecule has 150 valence electrons. The monoisotopic (exact) mass is 392 g/mol. The van der Waals surface area contributed by atoms with Crippen molar-refractivity contribution < 1.29 is 9.53 Å². The molecule has 2 heterocycles. The van der Waals surface area contributed by atoms with Crippen LogP contribution in [0.1, 0.15) is 18.7 Å². The van der Waals surface area contributed by atoms with E-state index in [1.165, 1.54) is 0 Å². The lowest BCUT2D eigenvalue weighted by atomic mass is 10.2. The molecule has 1 aliphatic rings. The average Bonchev–Trinajstić information content (AvgIpc) is 2.75. The maximum Gasteiger partial charge on any atom is 0.258 e. The number of anilines is 2. The summed E-state index contributed by atoms with van der Waals surface area (Å²) >= 11 is 0. The van der Waals surface area contributed by atoms with Crippen molar-refractivity contribution in [3.8, 4) is 0 Å². The molecule has 0 aliphatic carbocycles. The zero-order valence-electron chi connectivity index (χ0n) is 16.2. The number of H-pyrrole nitrogens is 1. The maximum absolute atomic E-state index is 12.5. The van der Waals surface area contributed by atoms with Crippen molar-refractivity contribution in [2.45, 2.75) is 19.3 Å². The summed E-state index contributed by atoms with van der Waals surface area (Å²) in [6, 6.07) is 15.1. The molecule has 7 nitrogen and oxygen atoms in total. The van der Waals surface area contributed by atoms with Gasteiger partial charge in [-0.2, -0.15) is 0 Å². The van der Waals surface area contributed by atoms with Crippen molar-refractivity contribution >= 4 is 28.2 Å². The van der Waals surface area contributed by atoms with E-state index in [1.807, 2.05) is 42.5 Å². The number of amides is 1. The van der Waals surface area contributed by atoms with E-state index >= 15 is 0 Å². The van der Waals surface area contributed by atoms with E-state index in [-0.39, 0.29) is 11.5 Å². The molecule has 2 N–H and O–H groups in total. The summed E-state index contributed by atoms with van der Waals surface area (Å²) in [4.78, 5) is 34.1. The Labute approximate surface area is 168 Å². The highest BCUT2D eigenvalue weighted by Gasteiger charge is 2.15. The Hall–Kier alpha value is -3.19. The van der Waals surface area contributed by atoms with Crippen LogP contribution in [-0.4, -0.2) is 42.2 Å². The molecule has 1 fully saturated rings. The van der Waals surface area contributed by atoms with Crippen molar-refractivity contribution in [2.75, 3.05) is 36.5 Å². The van der Waals surface area contributed by atoms with Gasteiger partial charge < -0.3 is 19.9 Å². The fourth-order valence-electron chi connectivity index (χ4n) is 3.54. The van der Waals surface area contributed by atoms with Crippen molar-refractivity contribution in [3.63, 3.8) is 0 Å². The predicted octanol–water partition coefficient (Wildman–Crippen LogP) is 2.72. The maximum atomic E-state index is 12.5. The number of aromatic amines is 1. The number of benzene rings is 2. The average molecular weight is 392 g/mol. The van der Waals surface area contributed by atoms with Crippen LogP contribution < -0.4 is 15.8 Å². The number of rotatable bonds is 6. The molecule has 3 aromatic rings. The molecule has 0 saturated carbocycles. The van der Waals surface area contributed by atoms with E-state index in [0.717, 1.165) is 24.5 Å². The van der Waals surface area contributed by atoms with Crippen LogP contribution in [0.2, 0.25) is 0 Å². The molecular formula is C22H24N4O3. The molecule has 0 radical (unpaired) electrons. The van der Waals surface area contributed by atoms with Crippen LogP contribution in [0.15, 0.2) is 53.3 Å². The Morgan fingerprint density at radius 3 is 2.72 bits per heavy atom. The van der Waals surface area contributed by atoms with Gasteiger partial charge in [0.2, 0.25) is 5.91 Å². The molecule has 4 rings (SSSR count). The van der Waals surface area contributed by atoms with Gasteiger partial charge >= 0.3 is 0 Å². The normalized spacial score (nSPS) is 14.1. The first-order valence-corrected chi connectivity index (χ1v) is 9.90. The number of aryl methyl sites for hydroxylation is 1. The fraction of sp³-hybridized carbons (Fsp3) is 0.318. The molecule has 2 aromatic carbocycles. The Balaban J connectivity index is 1.36. The Morgan fingerprint density at radius 2 is 1.86 bits per heavy atom. The van der Waals surface area contributed by atoms with Crippen molar-refractivity contribution in [2.24, 2.45) is 0 Å². The molecule has 1 aromatic heterocycles. The number of hydrogen-bond acceptors (Lipinski definition) is 5. The largest absolute Gasteiger partial charge is 0.378 e. The van der Waals surface area contributed by atoms with Gasteiger partial charge in [-0.25, -0.2) is 4.98 Å². The predicted molar refractivity (Wildman–Crippen MR) is 113 cm³/mol. The van der Waals surface area contributed by atoms with Gasteiger partial charge in [0.05, 0.1) is 35.5 Å². The van der Waals surface area contributed by atoms with Crippen molar-refractivity contribution in [3.05, 3.63) is 64.7 Å². The summed E-state index contributed by atoms with van der Waals surface area (Å²) in [7, 11) is 0. The van der Waals surface area contributed by atoms with Crippen LogP contribution in [0.25, 0.3) is 10.9 Å². The number of carbonyl (C=O) groups excluding carboxylic acids is 1. The van der Waals surface area contributed by atoms with Crippen LogP contribution in [0, 0.1) is 0 Å². The number of hydrogen-bond donors (Lipinski definition) is 2. The molecule has 29 heavy (non-hydrogen) atoms. The molecule has 0 atom stereocenters. The summed E-state index contributed by atoms with van der Waals surface area (Å²) in [6.07, 6.45) is 1.50. The number of fused-ring (bicyclic) bond motifs is 1. The summed E-state index contributed by atoms with van der Waals surface area (Å²) in [6.45, 7) is 3.01. The van der Waals surface area contributed by atoms with Crippen LogP contribution >= 0.6 is 0 Å². The number of ether oxygens (including phenoxy) is 1. The Morgan fingerprint density at radius 1 is 1.10 bits per heavy atom. The highest BCUT2D eigenvalue weighted by molar-refractivity contribution is 5.94. The van der Waals surface area contributed by atoms with Gasteiger partial charge in [0.15, 0.2) is 0 Å². The summed E-state index contributed by atoms with van der Waals surface area (Å²) in [5.41, 5.74) is 2.37. The highest BCUT2D eigenvalue weighted by Crippen LogP contribution is 2.26. The minimum absolute atomic E-state index is 0.0474. The van der Waals surface area contributed by atoms with Crippen LogP contribution in [0.3, 0.4) is 0 Å². The zero-order valence-corrected chi connectivity index (χ0v) is 16.2. The van der Waals surface area contributed by atoms with E-state index in [0.29, 0.717) is 49.2 Å². The Bertz CT molecular complexity index is 1060. The van der Waals surface area contributed by atoms with Crippen molar-refractivity contribution in [1.29, 1.82) is 0 Å². The van der Waals surface area contributed by atoms with Crippen molar-refractivity contribution in [1.82, 2.24) is 9.97 Å². The van der Waals surface area contributed by atoms with Gasteiger partial charge in [0, 0.05) is 25.9 Å². The van der Waals surface area contributed by atoms with E-state index < -0.39 is 0 Å². The summed E-state index contributed by atoms with van der Waals surface area (Å²) in [5, 5.41) is 3.60. The highest BCUT2D eigenvalue weighted by atomic mass is 16.5. The third kappa shape index (κ3) is 4.63. The number of para-hydroxylation sites is 3. The molecule has 0 bridgehead atoms. The number of nitrogens with zero attached hydrogens (tertiary/aromatic N) is 2. The van der Waals surface area contributed by atoms with Gasteiger partial charge in [0.25, 0.3) is 5.56 Å². The standard InChI is InChI=1S/C22H24N4O3/c27-21(24-18-8-3-4-9-19(18)26-12-14-29-15-13-26)11-5-10-20-23-17-7-2-1-6-16(17)22(28)25-20/h1-4,6-9H,5,10-15H2,(H,24,27)(H,23,25,28). The summed E-state index contributed by atoms with van der Waals surface area (Å²) in [5.74, 6) is 0.559. The second-order valence-electron chi connectivity index (χ2n) is 7.05. The topological polar surface area (TPSA) is 87.3 Å². The molecular weight excluding hydrogens is 368 g/mol. The second kappa shape index (κ2) is 8.87.